The second-order valence-corrected chi connectivity index (χ2v) is 7.84. The van der Waals surface area contributed by atoms with Gasteiger partial charge in [0.15, 0.2) is 0 Å². The number of amidine groups is 1. The molecule has 33 heavy (non-hydrogen) atoms. The number of nitrogens with zero attached hydrogens (tertiary/aromatic N) is 1. The Hall–Kier alpha value is -3.83. The van der Waals surface area contributed by atoms with E-state index in [1.54, 1.807) is 17.0 Å². The van der Waals surface area contributed by atoms with E-state index in [0.29, 0.717) is 12.1 Å². The van der Waals surface area contributed by atoms with Gasteiger partial charge in [-0.3, -0.25) is 10.2 Å². The van der Waals surface area contributed by atoms with Crippen LogP contribution in [0.25, 0.3) is 0 Å². The Morgan fingerprint density at radius 1 is 1.15 bits per heavy atom. The van der Waals surface area contributed by atoms with Crippen LogP contribution in [-0.4, -0.2) is 48.6 Å². The highest BCUT2D eigenvalue weighted by Gasteiger charge is 2.22. The van der Waals surface area contributed by atoms with Gasteiger partial charge in [0.05, 0.1) is 6.54 Å². The van der Waals surface area contributed by atoms with Crippen LogP contribution in [0.4, 0.5) is 11.4 Å². The Bertz CT molecular complexity index is 1080. The largest absolute Gasteiger partial charge is 0.480 e. The lowest BCUT2D eigenvalue weighted by atomic mass is 10.0. The van der Waals surface area contributed by atoms with Crippen molar-refractivity contribution in [3.05, 3.63) is 58.7 Å². The van der Waals surface area contributed by atoms with Crippen LogP contribution in [0.5, 0.6) is 0 Å². The first-order valence-electron chi connectivity index (χ1n) is 10.5. The van der Waals surface area contributed by atoms with Crippen LogP contribution >= 0.6 is 0 Å². The number of aryl methyl sites for hydroxylation is 2. The standard InChI is InChI=1S/C25H30N4O4/c1-16(2)29(23(30)14-33-15-24(31)32)22-13-17(3)20(12-18(22)4)6-5-11-28-21-9-7-19(8-10-21)25(26)27/h7-10,12-13,16,28H,11,14-15H2,1-4H3,(H3,26,27)(H,31,32). The van der Waals surface area contributed by atoms with E-state index in [9.17, 15) is 9.59 Å². The minimum Gasteiger partial charge on any atom is -0.480 e. The van der Waals surface area contributed by atoms with Gasteiger partial charge in [0.25, 0.3) is 5.91 Å². The van der Waals surface area contributed by atoms with E-state index in [1.165, 1.54) is 0 Å². The van der Waals surface area contributed by atoms with Gasteiger partial charge in [0.2, 0.25) is 0 Å². The Balaban J connectivity index is 2.11. The zero-order valence-corrected chi connectivity index (χ0v) is 19.4. The molecule has 0 spiro atoms. The number of carboxylic acids is 1. The van der Waals surface area contributed by atoms with Crippen molar-refractivity contribution in [2.24, 2.45) is 5.73 Å². The van der Waals surface area contributed by atoms with Crippen LogP contribution in [0.15, 0.2) is 36.4 Å². The summed E-state index contributed by atoms with van der Waals surface area (Å²) in [5.41, 5.74) is 10.4. The number of benzene rings is 2. The number of hydrogen-bond acceptors (Lipinski definition) is 5. The molecule has 2 aromatic rings. The molecule has 5 N–H and O–H groups in total. The first-order chi connectivity index (χ1) is 15.6. The maximum atomic E-state index is 12.7. The molecule has 0 aliphatic carbocycles. The second-order valence-electron chi connectivity index (χ2n) is 7.84. The number of carbonyl (C=O) groups is 2. The van der Waals surface area contributed by atoms with Gasteiger partial charge < -0.3 is 25.8 Å². The number of aliphatic carboxylic acids is 1. The van der Waals surface area contributed by atoms with Crippen molar-refractivity contribution in [2.45, 2.75) is 33.7 Å². The number of ether oxygens (including phenoxy) is 1. The Morgan fingerprint density at radius 3 is 2.39 bits per heavy atom. The smallest absolute Gasteiger partial charge is 0.329 e. The molecule has 2 aromatic carbocycles. The highest BCUT2D eigenvalue weighted by molar-refractivity contribution is 5.96. The lowest BCUT2D eigenvalue weighted by Crippen LogP contribution is -2.40. The molecule has 0 aromatic heterocycles. The summed E-state index contributed by atoms with van der Waals surface area (Å²) in [6, 6.07) is 11.0. The third kappa shape index (κ3) is 7.37. The van der Waals surface area contributed by atoms with Crippen molar-refractivity contribution in [3.8, 4) is 11.8 Å². The van der Waals surface area contributed by atoms with Gasteiger partial charge >= 0.3 is 5.97 Å². The number of hydrogen-bond donors (Lipinski definition) is 4. The van der Waals surface area contributed by atoms with Crippen LogP contribution in [0.1, 0.15) is 36.1 Å². The summed E-state index contributed by atoms with van der Waals surface area (Å²) in [4.78, 5) is 24.9. The number of nitrogen functional groups attached to an aromatic ring is 1. The highest BCUT2D eigenvalue weighted by atomic mass is 16.5. The van der Waals surface area contributed by atoms with Gasteiger partial charge in [0, 0.05) is 28.5 Å². The van der Waals surface area contributed by atoms with Gasteiger partial charge in [0.1, 0.15) is 19.0 Å². The first kappa shape index (κ1) is 25.4. The summed E-state index contributed by atoms with van der Waals surface area (Å²) in [6.45, 7) is 7.26. The van der Waals surface area contributed by atoms with Crippen LogP contribution in [0.3, 0.4) is 0 Å². The molecule has 0 atom stereocenters. The van der Waals surface area contributed by atoms with Crippen molar-refractivity contribution in [1.82, 2.24) is 0 Å². The maximum Gasteiger partial charge on any atom is 0.329 e. The summed E-state index contributed by atoms with van der Waals surface area (Å²) >= 11 is 0. The molecule has 0 fully saturated rings. The van der Waals surface area contributed by atoms with Crippen molar-refractivity contribution < 1.29 is 19.4 Å². The van der Waals surface area contributed by atoms with Crippen LogP contribution in [0, 0.1) is 31.1 Å². The van der Waals surface area contributed by atoms with Gasteiger partial charge in [-0.15, -0.1) is 0 Å². The van der Waals surface area contributed by atoms with Gasteiger partial charge in [-0.2, -0.15) is 0 Å². The van der Waals surface area contributed by atoms with E-state index in [4.69, 9.17) is 21.0 Å². The lowest BCUT2D eigenvalue weighted by molar-refractivity contribution is -0.143. The summed E-state index contributed by atoms with van der Waals surface area (Å²) < 4.78 is 4.99. The quantitative estimate of drug-likeness (QED) is 0.264. The average Bonchev–Trinajstić information content (AvgIpc) is 2.74. The topological polar surface area (TPSA) is 129 Å². The molecule has 0 aliphatic rings. The molecule has 0 heterocycles. The molecule has 0 unspecified atom stereocenters. The van der Waals surface area contributed by atoms with Gasteiger partial charge in [-0.1, -0.05) is 11.8 Å². The number of carboxylic acid groups (broad SMARTS) is 1. The molecule has 0 saturated heterocycles. The maximum absolute atomic E-state index is 12.7. The van der Waals surface area contributed by atoms with E-state index >= 15 is 0 Å². The molecule has 2 rings (SSSR count). The lowest BCUT2D eigenvalue weighted by Gasteiger charge is -2.29. The normalized spacial score (nSPS) is 10.3. The third-order valence-electron chi connectivity index (χ3n) is 4.84. The average molecular weight is 451 g/mol. The second kappa shape index (κ2) is 11.7. The van der Waals surface area contributed by atoms with E-state index in [-0.39, 0.29) is 24.4 Å². The molecule has 174 valence electrons. The monoisotopic (exact) mass is 450 g/mol. The zero-order valence-electron chi connectivity index (χ0n) is 19.4. The molecule has 1 amide bonds. The number of carbonyl (C=O) groups excluding carboxylic acids is 1. The molecule has 0 saturated carbocycles. The number of amides is 1. The van der Waals surface area contributed by atoms with E-state index in [2.05, 4.69) is 17.2 Å². The summed E-state index contributed by atoms with van der Waals surface area (Å²) in [5, 5.41) is 19.3. The summed E-state index contributed by atoms with van der Waals surface area (Å²) in [5.74, 6) is 4.88. The predicted octanol–water partition coefficient (Wildman–Crippen LogP) is 2.89. The van der Waals surface area contributed by atoms with Crippen LogP contribution < -0.4 is 16.0 Å². The van der Waals surface area contributed by atoms with Crippen LogP contribution in [0.2, 0.25) is 0 Å². The molecule has 8 heteroatoms. The zero-order chi connectivity index (χ0) is 24.5. The third-order valence-corrected chi connectivity index (χ3v) is 4.84. The number of anilines is 2. The minimum atomic E-state index is -1.11. The fourth-order valence-electron chi connectivity index (χ4n) is 3.24. The fourth-order valence-corrected chi connectivity index (χ4v) is 3.24. The molecule has 0 radical (unpaired) electrons. The summed E-state index contributed by atoms with van der Waals surface area (Å²) in [7, 11) is 0. The number of nitrogens with two attached hydrogens (primary N) is 1. The van der Waals surface area contributed by atoms with Crippen molar-refractivity contribution in [2.75, 3.05) is 30.0 Å². The fraction of sp³-hybridized carbons (Fsp3) is 0.320. The van der Waals surface area contributed by atoms with Gasteiger partial charge in [-0.05, 0) is 75.2 Å². The minimum absolute atomic E-state index is 0.0288. The Morgan fingerprint density at radius 2 is 1.82 bits per heavy atom. The predicted molar refractivity (Wildman–Crippen MR) is 130 cm³/mol. The number of rotatable bonds is 9. The highest BCUT2D eigenvalue weighted by Crippen LogP contribution is 2.26. The van der Waals surface area contributed by atoms with E-state index in [0.717, 1.165) is 28.1 Å². The van der Waals surface area contributed by atoms with Crippen LogP contribution in [-0.2, 0) is 14.3 Å². The van der Waals surface area contributed by atoms with Crippen molar-refractivity contribution in [1.29, 1.82) is 5.41 Å². The molecule has 0 bridgehead atoms. The van der Waals surface area contributed by atoms with Crippen molar-refractivity contribution in [3.63, 3.8) is 0 Å². The van der Waals surface area contributed by atoms with Crippen molar-refractivity contribution >= 4 is 29.1 Å². The Labute approximate surface area is 194 Å². The SMILES string of the molecule is Cc1cc(N(C(=O)COCC(=O)O)C(C)C)c(C)cc1C#CCNc1ccc(C(=N)N)cc1. The first-order valence-corrected chi connectivity index (χ1v) is 10.5. The molecular formula is C25H30N4O4. The molecule has 8 nitrogen and oxygen atoms in total. The van der Waals surface area contributed by atoms with E-state index < -0.39 is 12.6 Å². The number of nitrogens with one attached hydrogen (secondary N) is 2. The van der Waals surface area contributed by atoms with E-state index in [1.807, 2.05) is 52.0 Å². The van der Waals surface area contributed by atoms with Gasteiger partial charge in [-0.25, -0.2) is 4.79 Å². The summed E-state index contributed by atoms with van der Waals surface area (Å²) in [6.07, 6.45) is 0. The molecular weight excluding hydrogens is 420 g/mol. The Kier molecular flexibility index (Phi) is 9.01. The molecule has 0 aliphatic heterocycles.